The fraction of sp³-hybridized carbons (Fsp3) is 0.0741. The molecule has 0 fully saturated rings. The van der Waals surface area contributed by atoms with Crippen molar-refractivity contribution in [2.24, 2.45) is 0 Å². The second-order valence-electron chi connectivity index (χ2n) is 7.22. The number of rotatable bonds is 8. The summed E-state index contributed by atoms with van der Waals surface area (Å²) in [5.74, 6) is 0.659. The van der Waals surface area contributed by atoms with E-state index in [4.69, 9.17) is 19.3 Å². The van der Waals surface area contributed by atoms with Gasteiger partial charge in [0, 0.05) is 29.0 Å². The molecule has 7 heteroatoms. The first kappa shape index (κ1) is 22.5. The molecule has 0 N–H and O–H groups in total. The largest absolute Gasteiger partial charge is 0.497 e. The van der Waals surface area contributed by atoms with Gasteiger partial charge in [-0.15, -0.1) is 0 Å². The summed E-state index contributed by atoms with van der Waals surface area (Å²) in [5, 5.41) is 4.73. The summed E-state index contributed by atoms with van der Waals surface area (Å²) in [5.41, 5.74) is 3.61. The van der Waals surface area contributed by atoms with Gasteiger partial charge in [-0.25, -0.2) is 9.48 Å². The molecule has 34 heavy (non-hydrogen) atoms. The minimum atomic E-state index is -0.592. The number of para-hydroxylation sites is 1. The molecule has 1 aromatic heterocycles. The maximum atomic E-state index is 12.5. The average molecular weight is 454 g/mol. The van der Waals surface area contributed by atoms with Gasteiger partial charge >= 0.3 is 5.97 Å². The van der Waals surface area contributed by atoms with Gasteiger partial charge in [-0.1, -0.05) is 18.2 Å². The van der Waals surface area contributed by atoms with E-state index in [0.29, 0.717) is 23.3 Å². The van der Waals surface area contributed by atoms with Crippen LogP contribution in [0.15, 0.2) is 85.1 Å². The highest BCUT2D eigenvalue weighted by atomic mass is 16.6. The van der Waals surface area contributed by atoms with E-state index in [2.05, 4.69) is 0 Å². The highest BCUT2D eigenvalue weighted by molar-refractivity contribution is 5.90. The van der Waals surface area contributed by atoms with Crippen LogP contribution in [0.1, 0.15) is 15.9 Å². The van der Waals surface area contributed by atoms with Crippen molar-refractivity contribution in [3.63, 3.8) is 0 Å². The first-order valence-electron chi connectivity index (χ1n) is 10.4. The molecule has 170 valence electrons. The molecular formula is C27H22N2O5. The van der Waals surface area contributed by atoms with E-state index in [1.165, 1.54) is 25.3 Å². The summed E-state index contributed by atoms with van der Waals surface area (Å²) in [6.45, 7) is 0. The summed E-state index contributed by atoms with van der Waals surface area (Å²) in [6, 6.07) is 21.8. The lowest BCUT2D eigenvalue weighted by Crippen LogP contribution is -2.05. The monoisotopic (exact) mass is 454 g/mol. The van der Waals surface area contributed by atoms with Crippen LogP contribution in [-0.4, -0.2) is 36.3 Å². The van der Waals surface area contributed by atoms with E-state index < -0.39 is 5.97 Å². The number of hydrogen-bond donors (Lipinski definition) is 0. The molecule has 0 aliphatic heterocycles. The topological polar surface area (TPSA) is 79.7 Å². The zero-order chi connectivity index (χ0) is 23.9. The van der Waals surface area contributed by atoms with Gasteiger partial charge < -0.3 is 14.2 Å². The van der Waals surface area contributed by atoms with E-state index in [1.54, 1.807) is 23.9 Å². The minimum absolute atomic E-state index is 0.220. The Morgan fingerprint density at radius 3 is 2.35 bits per heavy atom. The fourth-order valence-electron chi connectivity index (χ4n) is 3.34. The van der Waals surface area contributed by atoms with E-state index in [0.717, 1.165) is 22.6 Å². The van der Waals surface area contributed by atoms with Crippen molar-refractivity contribution in [1.82, 2.24) is 9.78 Å². The van der Waals surface area contributed by atoms with Crippen LogP contribution in [0.4, 0.5) is 0 Å². The molecule has 7 nitrogen and oxygen atoms in total. The second-order valence-corrected chi connectivity index (χ2v) is 7.22. The Morgan fingerprint density at radius 2 is 1.68 bits per heavy atom. The number of carbonyl (C=O) groups excluding carboxylic acids is 2. The second kappa shape index (κ2) is 10.3. The zero-order valence-electron chi connectivity index (χ0n) is 18.7. The Balaban J connectivity index is 1.64. The lowest BCUT2D eigenvalue weighted by molar-refractivity contribution is -0.129. The van der Waals surface area contributed by atoms with Gasteiger partial charge in [0.2, 0.25) is 0 Å². The number of benzene rings is 3. The fourth-order valence-corrected chi connectivity index (χ4v) is 3.34. The van der Waals surface area contributed by atoms with E-state index in [1.807, 2.05) is 60.8 Å². The molecule has 0 aliphatic carbocycles. The van der Waals surface area contributed by atoms with Gasteiger partial charge in [0.25, 0.3) is 0 Å². The number of aromatic nitrogens is 2. The predicted octanol–water partition coefficient (Wildman–Crippen LogP) is 4.99. The molecular weight excluding hydrogens is 432 g/mol. The SMILES string of the molecule is COc1ccc(-c2nn(-c3ccccc3)cc2/C=C\C(=O)Oc2ccc(C=O)cc2OC)cc1. The van der Waals surface area contributed by atoms with Gasteiger partial charge in [0.15, 0.2) is 11.5 Å². The van der Waals surface area contributed by atoms with Crippen LogP contribution < -0.4 is 14.2 Å². The van der Waals surface area contributed by atoms with Crippen molar-refractivity contribution >= 4 is 18.3 Å². The molecule has 4 rings (SSSR count). The average Bonchev–Trinajstić information content (AvgIpc) is 3.32. The summed E-state index contributed by atoms with van der Waals surface area (Å²) in [7, 11) is 3.05. The van der Waals surface area contributed by atoms with Crippen molar-refractivity contribution < 1.29 is 23.8 Å². The number of methoxy groups -OCH3 is 2. The zero-order valence-corrected chi connectivity index (χ0v) is 18.7. The smallest absolute Gasteiger partial charge is 0.336 e. The molecule has 0 aliphatic rings. The Bertz CT molecular complexity index is 1330. The van der Waals surface area contributed by atoms with Crippen LogP contribution in [0.2, 0.25) is 0 Å². The van der Waals surface area contributed by atoms with Gasteiger partial charge in [-0.05, 0) is 60.7 Å². The molecule has 0 unspecified atom stereocenters. The van der Waals surface area contributed by atoms with Gasteiger partial charge in [0.05, 0.1) is 25.6 Å². The Hall–Kier alpha value is -4.65. The van der Waals surface area contributed by atoms with Gasteiger partial charge in [-0.3, -0.25) is 4.79 Å². The number of hydrogen-bond acceptors (Lipinski definition) is 6. The molecule has 0 radical (unpaired) electrons. The number of carbonyl (C=O) groups is 2. The first-order chi connectivity index (χ1) is 16.6. The third-order valence-electron chi connectivity index (χ3n) is 5.06. The maximum Gasteiger partial charge on any atom is 0.336 e. The number of aldehydes is 1. The number of nitrogens with zero attached hydrogens (tertiary/aromatic N) is 2. The molecule has 0 amide bonds. The highest BCUT2D eigenvalue weighted by Gasteiger charge is 2.13. The van der Waals surface area contributed by atoms with Gasteiger partial charge in [-0.2, -0.15) is 5.10 Å². The van der Waals surface area contributed by atoms with E-state index in [9.17, 15) is 9.59 Å². The Kier molecular flexibility index (Phi) is 6.84. The lowest BCUT2D eigenvalue weighted by atomic mass is 10.1. The highest BCUT2D eigenvalue weighted by Crippen LogP contribution is 2.29. The number of esters is 1. The van der Waals surface area contributed by atoms with Crippen LogP contribution in [0, 0.1) is 0 Å². The van der Waals surface area contributed by atoms with Crippen LogP contribution >= 0.6 is 0 Å². The summed E-state index contributed by atoms with van der Waals surface area (Å²) < 4.78 is 17.6. The first-order valence-corrected chi connectivity index (χ1v) is 10.4. The standard InChI is InChI=1S/C27H22N2O5/c1-32-23-12-9-20(10-13-23)27-21(17-29(28-27)22-6-4-3-5-7-22)11-15-26(31)34-24-14-8-19(18-30)16-25(24)33-2/h3-18H,1-2H3/b15-11-. The van der Waals surface area contributed by atoms with Crippen LogP contribution in [0.25, 0.3) is 23.0 Å². The molecule has 0 saturated carbocycles. The minimum Gasteiger partial charge on any atom is -0.497 e. The van der Waals surface area contributed by atoms with Crippen molar-refractivity contribution in [2.45, 2.75) is 0 Å². The molecule has 0 atom stereocenters. The van der Waals surface area contributed by atoms with E-state index in [-0.39, 0.29) is 5.75 Å². The molecule has 3 aromatic carbocycles. The third-order valence-corrected chi connectivity index (χ3v) is 5.06. The molecule has 1 heterocycles. The van der Waals surface area contributed by atoms with Gasteiger partial charge in [0.1, 0.15) is 12.0 Å². The lowest BCUT2D eigenvalue weighted by Gasteiger charge is -2.08. The van der Waals surface area contributed by atoms with Crippen molar-refractivity contribution in [3.05, 3.63) is 96.2 Å². The van der Waals surface area contributed by atoms with Crippen molar-refractivity contribution in [3.8, 4) is 34.2 Å². The summed E-state index contributed by atoms with van der Waals surface area (Å²) in [6.07, 6.45) is 5.52. The summed E-state index contributed by atoms with van der Waals surface area (Å²) in [4.78, 5) is 23.5. The quantitative estimate of drug-likeness (QED) is 0.162. The molecule has 0 bridgehead atoms. The Labute approximate surface area is 196 Å². The molecule has 0 saturated heterocycles. The Morgan fingerprint density at radius 1 is 0.912 bits per heavy atom. The number of ether oxygens (including phenoxy) is 3. The van der Waals surface area contributed by atoms with Crippen LogP contribution in [-0.2, 0) is 4.79 Å². The maximum absolute atomic E-state index is 12.5. The van der Waals surface area contributed by atoms with Crippen LogP contribution in [0.5, 0.6) is 17.2 Å². The molecule has 0 spiro atoms. The molecule has 4 aromatic rings. The predicted molar refractivity (Wildman–Crippen MR) is 129 cm³/mol. The van der Waals surface area contributed by atoms with Crippen LogP contribution in [0.3, 0.4) is 0 Å². The van der Waals surface area contributed by atoms with Crippen molar-refractivity contribution in [1.29, 1.82) is 0 Å². The van der Waals surface area contributed by atoms with E-state index >= 15 is 0 Å². The normalized spacial score (nSPS) is 10.8. The summed E-state index contributed by atoms with van der Waals surface area (Å²) >= 11 is 0. The third kappa shape index (κ3) is 5.05. The van der Waals surface area contributed by atoms with Crippen molar-refractivity contribution in [2.75, 3.05) is 14.2 Å².